The SMILES string of the molecule is C1CCSC1.CN(C)CCC(O)c1cccs1. The van der Waals surface area contributed by atoms with Crippen molar-refractivity contribution in [2.45, 2.75) is 25.4 Å². The first-order chi connectivity index (χ1) is 8.20. The van der Waals surface area contributed by atoms with Crippen LogP contribution in [-0.4, -0.2) is 42.2 Å². The Balaban J connectivity index is 0.000000239. The van der Waals surface area contributed by atoms with Gasteiger partial charge < -0.3 is 10.0 Å². The fourth-order valence-electron chi connectivity index (χ4n) is 1.51. The zero-order valence-corrected chi connectivity index (χ0v) is 12.4. The lowest BCUT2D eigenvalue weighted by atomic mass is 10.2. The third kappa shape index (κ3) is 7.09. The maximum atomic E-state index is 9.64. The molecule has 0 amide bonds. The van der Waals surface area contributed by atoms with Crippen LogP contribution in [0.3, 0.4) is 0 Å². The van der Waals surface area contributed by atoms with Gasteiger partial charge >= 0.3 is 0 Å². The highest BCUT2D eigenvalue weighted by Crippen LogP contribution is 2.21. The number of aliphatic hydroxyl groups is 1. The lowest BCUT2D eigenvalue weighted by molar-refractivity contribution is 0.158. The van der Waals surface area contributed by atoms with E-state index in [9.17, 15) is 5.11 Å². The van der Waals surface area contributed by atoms with Crippen molar-refractivity contribution in [3.8, 4) is 0 Å². The van der Waals surface area contributed by atoms with Crippen LogP contribution in [0.1, 0.15) is 30.2 Å². The van der Waals surface area contributed by atoms with Crippen molar-refractivity contribution in [2.75, 3.05) is 32.1 Å². The van der Waals surface area contributed by atoms with Gasteiger partial charge in [-0.15, -0.1) is 11.3 Å². The van der Waals surface area contributed by atoms with Gasteiger partial charge in [-0.1, -0.05) is 6.07 Å². The summed E-state index contributed by atoms with van der Waals surface area (Å²) in [4.78, 5) is 3.15. The molecular formula is C13H23NOS2. The van der Waals surface area contributed by atoms with Crippen molar-refractivity contribution < 1.29 is 5.11 Å². The Morgan fingerprint density at radius 1 is 1.35 bits per heavy atom. The van der Waals surface area contributed by atoms with E-state index in [0.717, 1.165) is 17.8 Å². The fourth-order valence-corrected chi connectivity index (χ4v) is 3.28. The van der Waals surface area contributed by atoms with Crippen LogP contribution in [0.5, 0.6) is 0 Å². The van der Waals surface area contributed by atoms with Gasteiger partial charge in [0.2, 0.25) is 0 Å². The van der Waals surface area contributed by atoms with Gasteiger partial charge in [0.15, 0.2) is 0 Å². The number of rotatable bonds is 4. The number of hydrogen-bond donors (Lipinski definition) is 1. The molecule has 1 atom stereocenters. The molecule has 1 aliphatic rings. The molecule has 1 aromatic rings. The summed E-state index contributed by atoms with van der Waals surface area (Å²) < 4.78 is 0. The Morgan fingerprint density at radius 3 is 2.47 bits per heavy atom. The van der Waals surface area contributed by atoms with E-state index in [0.29, 0.717) is 0 Å². The van der Waals surface area contributed by atoms with Crippen molar-refractivity contribution in [3.05, 3.63) is 22.4 Å². The normalized spacial score (nSPS) is 16.7. The van der Waals surface area contributed by atoms with Crippen LogP contribution >= 0.6 is 23.1 Å². The molecule has 2 nitrogen and oxygen atoms in total. The minimum Gasteiger partial charge on any atom is -0.388 e. The molecule has 4 heteroatoms. The van der Waals surface area contributed by atoms with E-state index in [1.165, 1.54) is 24.3 Å². The molecule has 0 bridgehead atoms. The highest BCUT2D eigenvalue weighted by Gasteiger charge is 2.07. The maximum absolute atomic E-state index is 9.64. The van der Waals surface area contributed by atoms with Gasteiger partial charge in [0.1, 0.15) is 0 Å². The van der Waals surface area contributed by atoms with Crippen molar-refractivity contribution >= 4 is 23.1 Å². The Morgan fingerprint density at radius 2 is 2.06 bits per heavy atom. The van der Waals surface area contributed by atoms with Crippen LogP contribution < -0.4 is 0 Å². The summed E-state index contributed by atoms with van der Waals surface area (Å²) in [6, 6.07) is 3.95. The largest absolute Gasteiger partial charge is 0.388 e. The quantitative estimate of drug-likeness (QED) is 0.911. The molecule has 1 aromatic heterocycles. The lowest BCUT2D eigenvalue weighted by Crippen LogP contribution is -2.15. The fraction of sp³-hybridized carbons (Fsp3) is 0.692. The predicted molar refractivity (Wildman–Crippen MR) is 79.0 cm³/mol. The molecular weight excluding hydrogens is 250 g/mol. The van der Waals surface area contributed by atoms with Crippen LogP contribution in [0.15, 0.2) is 17.5 Å². The molecule has 0 spiro atoms. The molecule has 98 valence electrons. The van der Waals surface area contributed by atoms with Gasteiger partial charge in [0, 0.05) is 11.4 Å². The van der Waals surface area contributed by atoms with Gasteiger partial charge in [0.25, 0.3) is 0 Å². The van der Waals surface area contributed by atoms with Crippen LogP contribution in [0.4, 0.5) is 0 Å². The first-order valence-electron chi connectivity index (χ1n) is 6.14. The third-order valence-electron chi connectivity index (χ3n) is 2.55. The van der Waals surface area contributed by atoms with Crippen molar-refractivity contribution in [3.63, 3.8) is 0 Å². The van der Waals surface area contributed by atoms with Crippen LogP contribution in [-0.2, 0) is 0 Å². The van der Waals surface area contributed by atoms with Crippen molar-refractivity contribution in [1.29, 1.82) is 0 Å². The average Bonchev–Trinajstić information content (AvgIpc) is 2.99. The Bertz CT molecular complexity index is 263. The highest BCUT2D eigenvalue weighted by molar-refractivity contribution is 7.99. The molecule has 2 rings (SSSR count). The number of thioether (sulfide) groups is 1. The van der Waals surface area contributed by atoms with E-state index in [2.05, 4.69) is 16.7 Å². The Kier molecular flexibility index (Phi) is 7.93. The average molecular weight is 273 g/mol. The van der Waals surface area contributed by atoms with Gasteiger partial charge in [-0.05, 0) is 56.3 Å². The summed E-state index contributed by atoms with van der Waals surface area (Å²) in [5.41, 5.74) is 0. The van der Waals surface area contributed by atoms with E-state index in [1.54, 1.807) is 11.3 Å². The molecule has 0 radical (unpaired) electrons. The summed E-state index contributed by atoms with van der Waals surface area (Å²) in [5.74, 6) is 2.83. The number of thiophene rings is 1. The first kappa shape index (κ1) is 15.0. The van der Waals surface area contributed by atoms with E-state index < -0.39 is 0 Å². The Labute approximate surface area is 113 Å². The maximum Gasteiger partial charge on any atom is 0.0894 e. The molecule has 0 aromatic carbocycles. The van der Waals surface area contributed by atoms with Crippen molar-refractivity contribution in [1.82, 2.24) is 4.90 Å². The topological polar surface area (TPSA) is 23.5 Å². The molecule has 1 unspecified atom stereocenters. The lowest BCUT2D eigenvalue weighted by Gasteiger charge is -2.12. The number of aliphatic hydroxyl groups excluding tert-OH is 1. The minimum atomic E-state index is -0.285. The minimum absolute atomic E-state index is 0.285. The summed E-state index contributed by atoms with van der Waals surface area (Å²) in [5, 5.41) is 11.6. The number of nitrogens with zero attached hydrogens (tertiary/aromatic N) is 1. The third-order valence-corrected chi connectivity index (χ3v) is 4.68. The summed E-state index contributed by atoms with van der Waals surface area (Å²) in [6.45, 7) is 0.930. The molecule has 1 N–H and O–H groups in total. The zero-order chi connectivity index (χ0) is 12.5. The van der Waals surface area contributed by atoms with Crippen molar-refractivity contribution in [2.24, 2.45) is 0 Å². The first-order valence-corrected chi connectivity index (χ1v) is 8.17. The van der Waals surface area contributed by atoms with E-state index in [1.807, 2.05) is 31.6 Å². The predicted octanol–water partition coefficient (Wildman–Crippen LogP) is 3.25. The summed E-state index contributed by atoms with van der Waals surface area (Å²) in [6.07, 6.45) is 3.45. The highest BCUT2D eigenvalue weighted by atomic mass is 32.2. The van der Waals surface area contributed by atoms with E-state index in [4.69, 9.17) is 0 Å². The molecule has 2 heterocycles. The van der Waals surface area contributed by atoms with Gasteiger partial charge in [-0.2, -0.15) is 11.8 Å². The second-order valence-electron chi connectivity index (χ2n) is 4.44. The summed E-state index contributed by atoms with van der Waals surface area (Å²) in [7, 11) is 4.03. The zero-order valence-electron chi connectivity index (χ0n) is 10.8. The molecule has 17 heavy (non-hydrogen) atoms. The van der Waals surface area contributed by atoms with Crippen LogP contribution in [0, 0.1) is 0 Å². The second-order valence-corrected chi connectivity index (χ2v) is 6.65. The second kappa shape index (κ2) is 8.97. The van der Waals surface area contributed by atoms with Gasteiger partial charge in [-0.25, -0.2) is 0 Å². The molecule has 0 aliphatic carbocycles. The van der Waals surface area contributed by atoms with Gasteiger partial charge in [0.05, 0.1) is 6.10 Å². The molecule has 0 saturated carbocycles. The van der Waals surface area contributed by atoms with E-state index >= 15 is 0 Å². The smallest absolute Gasteiger partial charge is 0.0894 e. The van der Waals surface area contributed by atoms with Crippen LogP contribution in [0.25, 0.3) is 0 Å². The Hall–Kier alpha value is -0.0300. The molecule has 1 aliphatic heterocycles. The van der Waals surface area contributed by atoms with E-state index in [-0.39, 0.29) is 6.10 Å². The number of hydrogen-bond acceptors (Lipinski definition) is 4. The standard InChI is InChI=1S/C9H15NOS.C4H8S/c1-10(2)6-5-8(11)9-4-3-7-12-9;1-2-4-5-3-1/h3-4,7-8,11H,5-6H2,1-2H3;1-4H2. The molecule has 1 saturated heterocycles. The summed E-state index contributed by atoms with van der Waals surface area (Å²) >= 11 is 3.69. The molecule has 1 fully saturated rings. The van der Waals surface area contributed by atoms with Crippen LogP contribution in [0.2, 0.25) is 0 Å². The van der Waals surface area contributed by atoms with Gasteiger partial charge in [-0.3, -0.25) is 0 Å². The monoisotopic (exact) mass is 273 g/mol.